The first-order valence-electron chi connectivity index (χ1n) is 9.20. The van der Waals surface area contributed by atoms with Crippen molar-refractivity contribution in [3.8, 4) is 0 Å². The van der Waals surface area contributed by atoms with Gasteiger partial charge in [0.25, 0.3) is 0 Å². The van der Waals surface area contributed by atoms with Gasteiger partial charge in [0.15, 0.2) is 0 Å². The van der Waals surface area contributed by atoms with Crippen LogP contribution in [0.25, 0.3) is 16.5 Å². The SMILES string of the molecule is Cc1ccc(Nc2c(C3=CCN(C)C=C3)cnc3ccc(Br)cc23)c(C(=O)O)c1. The summed E-state index contributed by atoms with van der Waals surface area (Å²) >= 11 is 3.54. The Bertz CT molecular complexity index is 1180. The van der Waals surface area contributed by atoms with Crippen molar-refractivity contribution in [2.45, 2.75) is 6.92 Å². The van der Waals surface area contributed by atoms with Crippen molar-refractivity contribution >= 4 is 49.8 Å². The molecule has 0 fully saturated rings. The van der Waals surface area contributed by atoms with Gasteiger partial charge in [-0.1, -0.05) is 33.6 Å². The van der Waals surface area contributed by atoms with Gasteiger partial charge in [-0.2, -0.15) is 0 Å². The molecule has 1 aliphatic rings. The summed E-state index contributed by atoms with van der Waals surface area (Å²) < 4.78 is 0.933. The molecule has 0 amide bonds. The van der Waals surface area contributed by atoms with Crippen LogP contribution in [0.15, 0.2) is 65.4 Å². The maximum atomic E-state index is 11.8. The lowest BCUT2D eigenvalue weighted by Crippen LogP contribution is -2.13. The van der Waals surface area contributed by atoms with E-state index in [2.05, 4.69) is 37.2 Å². The minimum Gasteiger partial charge on any atom is -0.478 e. The molecule has 2 aromatic carbocycles. The van der Waals surface area contributed by atoms with E-state index in [1.165, 1.54) is 0 Å². The van der Waals surface area contributed by atoms with Crippen molar-refractivity contribution in [2.75, 3.05) is 18.9 Å². The number of anilines is 2. The highest BCUT2D eigenvalue weighted by Crippen LogP contribution is 2.36. The Labute approximate surface area is 177 Å². The molecule has 2 heterocycles. The Morgan fingerprint density at radius 1 is 1.24 bits per heavy atom. The molecule has 0 radical (unpaired) electrons. The predicted molar refractivity (Wildman–Crippen MR) is 121 cm³/mol. The molecule has 0 saturated carbocycles. The molecule has 146 valence electrons. The Balaban J connectivity index is 1.92. The molecule has 3 aromatic rings. The molecule has 0 unspecified atom stereocenters. The fraction of sp³-hybridized carbons (Fsp3) is 0.130. The largest absolute Gasteiger partial charge is 0.478 e. The Kier molecular flexibility index (Phi) is 5.11. The molecule has 5 nitrogen and oxygen atoms in total. The third-order valence-electron chi connectivity index (χ3n) is 4.91. The molecule has 2 N–H and O–H groups in total. The number of fused-ring (bicyclic) bond motifs is 1. The first-order valence-corrected chi connectivity index (χ1v) is 10.00. The number of hydrogen-bond acceptors (Lipinski definition) is 4. The molecule has 4 rings (SSSR count). The van der Waals surface area contributed by atoms with Crippen LogP contribution in [0.5, 0.6) is 0 Å². The van der Waals surface area contributed by atoms with Gasteiger partial charge in [-0.05, 0) is 55.1 Å². The third-order valence-corrected chi connectivity index (χ3v) is 5.41. The third kappa shape index (κ3) is 3.89. The molecular formula is C23H20BrN3O2. The number of hydrogen-bond donors (Lipinski definition) is 2. The van der Waals surface area contributed by atoms with E-state index >= 15 is 0 Å². The van der Waals surface area contributed by atoms with Crippen LogP contribution in [-0.2, 0) is 0 Å². The summed E-state index contributed by atoms with van der Waals surface area (Å²) in [5.41, 5.74) is 5.33. The average molecular weight is 450 g/mol. The molecule has 6 heteroatoms. The van der Waals surface area contributed by atoms with E-state index < -0.39 is 5.97 Å². The highest BCUT2D eigenvalue weighted by molar-refractivity contribution is 9.10. The number of nitrogens with zero attached hydrogens (tertiary/aromatic N) is 2. The number of aromatic nitrogens is 1. The molecule has 0 spiro atoms. The molecule has 0 aliphatic carbocycles. The van der Waals surface area contributed by atoms with Crippen LogP contribution in [0, 0.1) is 6.92 Å². The topological polar surface area (TPSA) is 65.5 Å². The molecule has 0 bridgehead atoms. The summed E-state index contributed by atoms with van der Waals surface area (Å²) in [6, 6.07) is 11.3. The van der Waals surface area contributed by atoms with Crippen LogP contribution in [0.2, 0.25) is 0 Å². The van der Waals surface area contributed by atoms with E-state index in [-0.39, 0.29) is 5.56 Å². The van der Waals surface area contributed by atoms with Crippen molar-refractivity contribution < 1.29 is 9.90 Å². The van der Waals surface area contributed by atoms with Crippen LogP contribution in [0.3, 0.4) is 0 Å². The number of carboxylic acids is 1. The Morgan fingerprint density at radius 3 is 2.79 bits per heavy atom. The summed E-state index contributed by atoms with van der Waals surface area (Å²) in [6.07, 6.45) is 8.05. The molecule has 1 aliphatic heterocycles. The lowest BCUT2D eigenvalue weighted by atomic mass is 9.99. The van der Waals surface area contributed by atoms with Gasteiger partial charge in [0.1, 0.15) is 0 Å². The number of nitrogens with one attached hydrogen (secondary N) is 1. The minimum absolute atomic E-state index is 0.240. The number of aromatic carboxylic acids is 1. The van der Waals surface area contributed by atoms with Gasteiger partial charge >= 0.3 is 5.97 Å². The van der Waals surface area contributed by atoms with Gasteiger partial charge in [-0.25, -0.2) is 4.79 Å². The van der Waals surface area contributed by atoms with E-state index in [0.29, 0.717) is 5.69 Å². The van der Waals surface area contributed by atoms with Crippen molar-refractivity contribution in [3.63, 3.8) is 0 Å². The van der Waals surface area contributed by atoms with Gasteiger partial charge in [-0.3, -0.25) is 4.98 Å². The number of carboxylic acid groups (broad SMARTS) is 1. The van der Waals surface area contributed by atoms with Gasteiger partial charge in [0.05, 0.1) is 22.5 Å². The quantitative estimate of drug-likeness (QED) is 0.543. The lowest BCUT2D eigenvalue weighted by molar-refractivity contribution is 0.0698. The second-order valence-electron chi connectivity index (χ2n) is 7.10. The van der Waals surface area contributed by atoms with Crippen molar-refractivity contribution in [3.05, 3.63) is 82.1 Å². The summed E-state index contributed by atoms with van der Waals surface area (Å²) in [5.74, 6) is -0.962. The van der Waals surface area contributed by atoms with Crippen LogP contribution >= 0.6 is 15.9 Å². The molecule has 0 atom stereocenters. The standard InChI is InChI=1S/C23H20BrN3O2/c1-14-3-5-21(18(11-14)23(28)29)26-22-17-12-16(24)4-6-20(17)25-13-19(22)15-7-9-27(2)10-8-15/h3-9,11-13H,10H2,1-2H3,(H,25,26)(H,28,29). The number of aryl methyl sites for hydroxylation is 1. The zero-order valence-electron chi connectivity index (χ0n) is 16.1. The van der Waals surface area contributed by atoms with E-state index in [0.717, 1.165) is 44.3 Å². The van der Waals surface area contributed by atoms with Crippen molar-refractivity contribution in [2.24, 2.45) is 0 Å². The van der Waals surface area contributed by atoms with Crippen LogP contribution < -0.4 is 5.32 Å². The van der Waals surface area contributed by atoms with Crippen molar-refractivity contribution in [1.82, 2.24) is 9.88 Å². The number of pyridine rings is 1. The summed E-state index contributed by atoms with van der Waals surface area (Å²) in [7, 11) is 2.02. The molecule has 29 heavy (non-hydrogen) atoms. The predicted octanol–water partition coefficient (Wildman–Crippen LogP) is 5.59. The number of carbonyl (C=O) groups is 1. The van der Waals surface area contributed by atoms with E-state index in [1.807, 2.05) is 62.8 Å². The number of allylic oxidation sites excluding steroid dienone is 2. The lowest BCUT2D eigenvalue weighted by Gasteiger charge is -2.21. The zero-order chi connectivity index (χ0) is 20.5. The normalized spacial score (nSPS) is 13.5. The number of likely N-dealkylation sites (N-methyl/N-ethyl adjacent to an activating group) is 1. The molecule has 0 saturated heterocycles. The van der Waals surface area contributed by atoms with Gasteiger partial charge in [0, 0.05) is 35.2 Å². The fourth-order valence-electron chi connectivity index (χ4n) is 3.38. The minimum atomic E-state index is -0.962. The monoisotopic (exact) mass is 449 g/mol. The average Bonchev–Trinajstić information content (AvgIpc) is 2.70. The van der Waals surface area contributed by atoms with Gasteiger partial charge in [0.2, 0.25) is 0 Å². The maximum absolute atomic E-state index is 11.8. The summed E-state index contributed by atoms with van der Waals surface area (Å²) in [6.45, 7) is 2.68. The van der Waals surface area contributed by atoms with Crippen LogP contribution in [0.4, 0.5) is 11.4 Å². The molecule has 1 aromatic heterocycles. The second kappa shape index (κ2) is 7.72. The molecular weight excluding hydrogens is 430 g/mol. The highest BCUT2D eigenvalue weighted by atomic mass is 79.9. The number of halogens is 1. The Hall–Kier alpha value is -3.12. The highest BCUT2D eigenvalue weighted by Gasteiger charge is 2.17. The van der Waals surface area contributed by atoms with Crippen molar-refractivity contribution in [1.29, 1.82) is 0 Å². The van der Waals surface area contributed by atoms with E-state index in [9.17, 15) is 9.90 Å². The zero-order valence-corrected chi connectivity index (χ0v) is 17.7. The first kappa shape index (κ1) is 19.2. The maximum Gasteiger partial charge on any atom is 0.337 e. The first-order chi connectivity index (χ1) is 13.9. The summed E-state index contributed by atoms with van der Waals surface area (Å²) in [4.78, 5) is 18.5. The summed E-state index contributed by atoms with van der Waals surface area (Å²) in [5, 5.41) is 14.0. The van der Waals surface area contributed by atoms with Crippen LogP contribution in [-0.4, -0.2) is 34.6 Å². The van der Waals surface area contributed by atoms with E-state index in [1.54, 1.807) is 6.07 Å². The van der Waals surface area contributed by atoms with E-state index in [4.69, 9.17) is 0 Å². The number of rotatable bonds is 4. The van der Waals surface area contributed by atoms with Gasteiger partial charge < -0.3 is 15.3 Å². The van der Waals surface area contributed by atoms with Crippen LogP contribution in [0.1, 0.15) is 21.5 Å². The fourth-order valence-corrected chi connectivity index (χ4v) is 3.74. The Morgan fingerprint density at radius 2 is 2.07 bits per heavy atom. The van der Waals surface area contributed by atoms with Gasteiger partial charge in [-0.15, -0.1) is 0 Å². The number of benzene rings is 2. The second-order valence-corrected chi connectivity index (χ2v) is 8.02. The smallest absolute Gasteiger partial charge is 0.337 e.